The van der Waals surface area contributed by atoms with Crippen LogP contribution in [0.5, 0.6) is 5.75 Å². The maximum atomic E-state index is 12.9. The summed E-state index contributed by atoms with van der Waals surface area (Å²) in [6.45, 7) is 7.65. The minimum Gasteiger partial charge on any atom is -0.490 e. The van der Waals surface area contributed by atoms with E-state index in [1.165, 1.54) is 12.1 Å². The number of amides is 2. The van der Waals surface area contributed by atoms with Gasteiger partial charge in [-0.05, 0) is 44.2 Å². The smallest absolute Gasteiger partial charge is 0.416 e. The number of hydrogen-bond donors (Lipinski definition) is 1. The minimum absolute atomic E-state index is 0.120. The van der Waals surface area contributed by atoms with Crippen LogP contribution < -0.4 is 15.0 Å². The zero-order valence-corrected chi connectivity index (χ0v) is 16.5. The third-order valence-corrected chi connectivity index (χ3v) is 4.68. The number of carbonyl (C=O) groups is 2. The van der Waals surface area contributed by atoms with E-state index in [4.69, 9.17) is 4.74 Å². The zero-order valence-electron chi connectivity index (χ0n) is 16.5. The fourth-order valence-corrected chi connectivity index (χ4v) is 3.08. The van der Waals surface area contributed by atoms with Crippen molar-refractivity contribution in [3.63, 3.8) is 0 Å². The summed E-state index contributed by atoms with van der Waals surface area (Å²) < 4.78 is 44.5. The topological polar surface area (TPSA) is 58.6 Å². The molecule has 0 aromatic heterocycles. The van der Waals surface area contributed by atoms with Gasteiger partial charge in [-0.2, -0.15) is 13.2 Å². The zero-order chi connectivity index (χ0) is 22.1. The van der Waals surface area contributed by atoms with Gasteiger partial charge in [0.1, 0.15) is 12.4 Å². The van der Waals surface area contributed by atoms with Crippen LogP contribution in [0.3, 0.4) is 0 Å². The molecule has 1 aliphatic rings. The van der Waals surface area contributed by atoms with Crippen LogP contribution in [0.4, 0.5) is 24.5 Å². The van der Waals surface area contributed by atoms with Gasteiger partial charge in [-0.3, -0.25) is 9.59 Å². The van der Waals surface area contributed by atoms with Crippen LogP contribution in [0.25, 0.3) is 0 Å². The van der Waals surface area contributed by atoms with Crippen LogP contribution in [0.1, 0.15) is 29.8 Å². The van der Waals surface area contributed by atoms with E-state index in [2.05, 4.69) is 11.9 Å². The molecule has 1 heterocycles. The number of nitrogens with one attached hydrogen (secondary N) is 1. The van der Waals surface area contributed by atoms with Crippen molar-refractivity contribution in [3.05, 3.63) is 66.2 Å². The van der Waals surface area contributed by atoms with Gasteiger partial charge in [0.2, 0.25) is 5.91 Å². The highest BCUT2D eigenvalue weighted by Gasteiger charge is 2.37. The number of carbonyl (C=O) groups excluding carboxylic acids is 2. The lowest BCUT2D eigenvalue weighted by Crippen LogP contribution is -2.42. The Bertz CT molecular complexity index is 999. The number of rotatable bonds is 4. The lowest BCUT2D eigenvalue weighted by molar-refractivity contribution is -0.137. The first-order chi connectivity index (χ1) is 14.0. The molecule has 0 saturated heterocycles. The van der Waals surface area contributed by atoms with Crippen LogP contribution in [-0.4, -0.2) is 25.0 Å². The van der Waals surface area contributed by atoms with E-state index in [-0.39, 0.29) is 24.6 Å². The molecular formula is C22H21F3N2O3. The van der Waals surface area contributed by atoms with Gasteiger partial charge in [-0.25, -0.2) is 0 Å². The van der Waals surface area contributed by atoms with Crippen LogP contribution in [0, 0.1) is 5.41 Å². The summed E-state index contributed by atoms with van der Waals surface area (Å²) in [6, 6.07) is 8.92. The van der Waals surface area contributed by atoms with Crippen molar-refractivity contribution >= 4 is 23.2 Å². The van der Waals surface area contributed by atoms with Crippen molar-refractivity contribution in [2.45, 2.75) is 20.0 Å². The standard InChI is InChI=1S/C22H21F3N2O3/c1-4-10-27-17-9-8-16(12-18(17)30-13-21(2,3)20(27)29)26-19(28)14-6-5-7-15(11-14)22(23,24)25/h4-9,11-12H,1,10,13H2,2-3H3,(H,26,28). The first-order valence-electron chi connectivity index (χ1n) is 9.21. The number of anilines is 2. The molecule has 0 unspecified atom stereocenters. The van der Waals surface area contributed by atoms with Crippen molar-refractivity contribution in [2.75, 3.05) is 23.4 Å². The Morgan fingerprint density at radius 1 is 1.27 bits per heavy atom. The monoisotopic (exact) mass is 418 g/mol. The molecule has 0 spiro atoms. The molecular weight excluding hydrogens is 397 g/mol. The van der Waals surface area contributed by atoms with E-state index < -0.39 is 23.1 Å². The first-order valence-corrected chi connectivity index (χ1v) is 9.21. The fourth-order valence-electron chi connectivity index (χ4n) is 3.08. The minimum atomic E-state index is -4.54. The molecule has 2 amide bonds. The summed E-state index contributed by atoms with van der Waals surface area (Å²) in [5, 5.41) is 2.58. The Labute approximate surface area is 172 Å². The lowest BCUT2D eigenvalue weighted by atomic mass is 9.93. The summed E-state index contributed by atoms with van der Waals surface area (Å²) in [5.74, 6) is -0.423. The fraction of sp³-hybridized carbons (Fsp3) is 0.273. The summed E-state index contributed by atoms with van der Waals surface area (Å²) in [6.07, 6.45) is -2.94. The third kappa shape index (κ3) is 4.32. The normalized spacial score (nSPS) is 15.6. The predicted molar refractivity (Wildman–Crippen MR) is 108 cm³/mol. The molecule has 5 nitrogen and oxygen atoms in total. The second-order valence-electron chi connectivity index (χ2n) is 7.59. The Kier molecular flexibility index (Phi) is 5.61. The molecule has 2 aromatic carbocycles. The number of fused-ring (bicyclic) bond motifs is 1. The summed E-state index contributed by atoms with van der Waals surface area (Å²) in [5.41, 5.74) is -0.917. The van der Waals surface area contributed by atoms with Gasteiger partial charge >= 0.3 is 6.18 Å². The Morgan fingerprint density at radius 3 is 2.67 bits per heavy atom. The number of ether oxygens (including phenoxy) is 1. The molecule has 1 N–H and O–H groups in total. The molecule has 0 radical (unpaired) electrons. The molecule has 30 heavy (non-hydrogen) atoms. The lowest BCUT2D eigenvalue weighted by Gasteiger charge is -2.27. The maximum Gasteiger partial charge on any atom is 0.416 e. The highest BCUT2D eigenvalue weighted by molar-refractivity contribution is 6.05. The number of nitrogens with zero attached hydrogens (tertiary/aromatic N) is 1. The van der Waals surface area contributed by atoms with E-state index in [1.54, 1.807) is 43.0 Å². The third-order valence-electron chi connectivity index (χ3n) is 4.68. The van der Waals surface area contributed by atoms with E-state index in [1.807, 2.05) is 0 Å². The van der Waals surface area contributed by atoms with Crippen LogP contribution in [0.15, 0.2) is 55.1 Å². The van der Waals surface area contributed by atoms with E-state index >= 15 is 0 Å². The summed E-state index contributed by atoms with van der Waals surface area (Å²) in [7, 11) is 0. The van der Waals surface area contributed by atoms with Crippen LogP contribution >= 0.6 is 0 Å². The predicted octanol–water partition coefficient (Wildman–Crippen LogP) is 4.90. The van der Waals surface area contributed by atoms with Crippen molar-refractivity contribution in [1.82, 2.24) is 0 Å². The molecule has 0 bridgehead atoms. The van der Waals surface area contributed by atoms with E-state index in [0.29, 0.717) is 17.1 Å². The van der Waals surface area contributed by atoms with Crippen LogP contribution in [0.2, 0.25) is 0 Å². The maximum absolute atomic E-state index is 12.9. The van der Waals surface area contributed by atoms with Gasteiger partial charge in [0.05, 0.1) is 16.7 Å². The number of benzene rings is 2. The number of hydrogen-bond acceptors (Lipinski definition) is 3. The highest BCUT2D eigenvalue weighted by Crippen LogP contribution is 2.38. The molecule has 2 aromatic rings. The SMILES string of the molecule is C=CCN1C(=O)C(C)(C)COc2cc(NC(=O)c3cccc(C(F)(F)F)c3)ccc21. The van der Waals surface area contributed by atoms with Gasteiger partial charge in [-0.1, -0.05) is 12.1 Å². The molecule has 1 aliphatic heterocycles. The molecule has 3 rings (SSSR count). The van der Waals surface area contributed by atoms with E-state index in [9.17, 15) is 22.8 Å². The molecule has 0 aliphatic carbocycles. The average Bonchev–Trinajstić information content (AvgIpc) is 2.78. The van der Waals surface area contributed by atoms with Crippen molar-refractivity contribution in [3.8, 4) is 5.75 Å². The molecule has 158 valence electrons. The molecule has 0 saturated carbocycles. The first kappa shape index (κ1) is 21.4. The van der Waals surface area contributed by atoms with Gasteiger partial charge in [0.25, 0.3) is 5.91 Å². The largest absolute Gasteiger partial charge is 0.490 e. The molecule has 0 fully saturated rings. The number of alkyl halides is 3. The molecule has 0 atom stereocenters. The second-order valence-corrected chi connectivity index (χ2v) is 7.59. The van der Waals surface area contributed by atoms with Gasteiger partial charge < -0.3 is 15.0 Å². The van der Waals surface area contributed by atoms with Crippen molar-refractivity contribution in [2.24, 2.45) is 5.41 Å². The van der Waals surface area contributed by atoms with Crippen LogP contribution in [-0.2, 0) is 11.0 Å². The Morgan fingerprint density at radius 2 is 2.00 bits per heavy atom. The van der Waals surface area contributed by atoms with E-state index in [0.717, 1.165) is 12.1 Å². The Hall–Kier alpha value is -3.29. The quantitative estimate of drug-likeness (QED) is 0.719. The van der Waals surface area contributed by atoms with Gasteiger partial charge in [0.15, 0.2) is 0 Å². The van der Waals surface area contributed by atoms with Gasteiger partial charge in [0, 0.05) is 23.9 Å². The molecule has 8 heteroatoms. The second kappa shape index (κ2) is 7.85. The summed E-state index contributed by atoms with van der Waals surface area (Å²) in [4.78, 5) is 26.8. The average molecular weight is 418 g/mol. The van der Waals surface area contributed by atoms with Crippen molar-refractivity contribution < 1.29 is 27.5 Å². The summed E-state index contributed by atoms with van der Waals surface area (Å²) >= 11 is 0. The highest BCUT2D eigenvalue weighted by atomic mass is 19.4. The Balaban J connectivity index is 1.88. The number of halogens is 3. The van der Waals surface area contributed by atoms with Crippen molar-refractivity contribution in [1.29, 1.82) is 0 Å². The van der Waals surface area contributed by atoms with Gasteiger partial charge in [-0.15, -0.1) is 6.58 Å².